The number of para-hydroxylation sites is 2. The van der Waals surface area contributed by atoms with Crippen molar-refractivity contribution in [3.63, 3.8) is 0 Å². The summed E-state index contributed by atoms with van der Waals surface area (Å²) >= 11 is 0. The lowest BCUT2D eigenvalue weighted by atomic mass is 9.94. The number of benzene rings is 10. The molecule has 0 atom stereocenters. The second kappa shape index (κ2) is 14.1. The molecule has 0 saturated carbocycles. The second-order valence-electron chi connectivity index (χ2n) is 15.0. The number of hydrogen-bond donors (Lipinski definition) is 0. The molecule has 0 spiro atoms. The minimum Gasteiger partial charge on any atom is -0.310 e. The monoisotopic (exact) mass is 738 g/mol. The Balaban J connectivity index is 1.02. The summed E-state index contributed by atoms with van der Waals surface area (Å²) in [6, 6.07) is 83.6. The zero-order valence-electron chi connectivity index (χ0n) is 31.8. The molecule has 11 rings (SSSR count). The van der Waals surface area contributed by atoms with Gasteiger partial charge in [-0.3, -0.25) is 0 Å². The summed E-state index contributed by atoms with van der Waals surface area (Å²) in [7, 11) is 0. The maximum absolute atomic E-state index is 2.37. The molecule has 0 N–H and O–H groups in total. The van der Waals surface area contributed by atoms with Crippen LogP contribution in [0.2, 0.25) is 0 Å². The lowest BCUT2D eigenvalue weighted by molar-refractivity contribution is 1.18. The van der Waals surface area contributed by atoms with E-state index < -0.39 is 0 Å². The van der Waals surface area contributed by atoms with Gasteiger partial charge in [-0.1, -0.05) is 164 Å². The Hall–Kier alpha value is -7.68. The smallest absolute Gasteiger partial charge is 0.0541 e. The Labute approximate surface area is 338 Å². The van der Waals surface area contributed by atoms with Gasteiger partial charge in [0.2, 0.25) is 0 Å². The normalized spacial score (nSPS) is 11.4. The van der Waals surface area contributed by atoms with Crippen LogP contribution in [0.4, 0.5) is 17.1 Å². The van der Waals surface area contributed by atoms with E-state index >= 15 is 0 Å². The van der Waals surface area contributed by atoms with Crippen LogP contribution in [-0.2, 0) is 0 Å². The zero-order valence-corrected chi connectivity index (χ0v) is 31.8. The van der Waals surface area contributed by atoms with E-state index in [0.29, 0.717) is 0 Å². The van der Waals surface area contributed by atoms with Crippen LogP contribution in [0.25, 0.3) is 82.4 Å². The minimum absolute atomic E-state index is 1.10. The molecule has 272 valence electrons. The van der Waals surface area contributed by atoms with Gasteiger partial charge in [0.1, 0.15) is 0 Å². The number of anilines is 3. The number of rotatable bonds is 7. The van der Waals surface area contributed by atoms with Gasteiger partial charge in [0.15, 0.2) is 0 Å². The third-order valence-corrected chi connectivity index (χ3v) is 11.6. The van der Waals surface area contributed by atoms with Crippen molar-refractivity contribution in [2.24, 2.45) is 0 Å². The zero-order chi connectivity index (χ0) is 38.4. The fourth-order valence-electron chi connectivity index (χ4n) is 8.80. The van der Waals surface area contributed by atoms with Crippen molar-refractivity contribution in [3.8, 4) is 39.1 Å². The predicted octanol–water partition coefficient (Wildman–Crippen LogP) is 15.6. The topological polar surface area (TPSA) is 8.17 Å². The molecule has 58 heavy (non-hydrogen) atoms. The van der Waals surface area contributed by atoms with Gasteiger partial charge in [-0.25, -0.2) is 0 Å². The van der Waals surface area contributed by atoms with Crippen molar-refractivity contribution in [3.05, 3.63) is 231 Å². The van der Waals surface area contributed by atoms with Gasteiger partial charge in [0, 0.05) is 33.5 Å². The van der Waals surface area contributed by atoms with Gasteiger partial charge >= 0.3 is 0 Å². The van der Waals surface area contributed by atoms with E-state index in [0.717, 1.165) is 22.7 Å². The van der Waals surface area contributed by atoms with Gasteiger partial charge < -0.3 is 9.47 Å². The molecular formula is C56H38N2. The van der Waals surface area contributed by atoms with Crippen LogP contribution in [0.1, 0.15) is 0 Å². The first-order chi connectivity index (χ1) is 28.8. The van der Waals surface area contributed by atoms with E-state index in [1.54, 1.807) is 0 Å². The van der Waals surface area contributed by atoms with E-state index in [9.17, 15) is 0 Å². The van der Waals surface area contributed by atoms with E-state index in [4.69, 9.17) is 0 Å². The molecule has 0 aliphatic heterocycles. The minimum atomic E-state index is 1.10. The predicted molar refractivity (Wildman–Crippen MR) is 247 cm³/mol. The molecule has 10 aromatic carbocycles. The molecule has 1 heterocycles. The van der Waals surface area contributed by atoms with Crippen LogP contribution in [0.5, 0.6) is 0 Å². The molecule has 0 saturated heterocycles. The van der Waals surface area contributed by atoms with Crippen molar-refractivity contribution in [2.75, 3.05) is 4.90 Å². The average molecular weight is 739 g/mol. The molecule has 0 unspecified atom stereocenters. The number of hydrogen-bond acceptors (Lipinski definition) is 1. The molecular weight excluding hydrogens is 701 g/mol. The largest absolute Gasteiger partial charge is 0.310 e. The van der Waals surface area contributed by atoms with E-state index in [1.807, 2.05) is 0 Å². The summed E-state index contributed by atoms with van der Waals surface area (Å²) < 4.78 is 2.37. The first-order valence-electron chi connectivity index (χ1n) is 19.9. The van der Waals surface area contributed by atoms with Crippen molar-refractivity contribution >= 4 is 60.4 Å². The number of fused-ring (bicyclic) bond motifs is 6. The molecule has 0 aliphatic rings. The standard InChI is InChI=1S/C56H38N2/c1-3-13-39(14-4-1)40-25-31-46(32-26-40)57(47-33-27-42(28-34-47)50-22-12-23-51-49-20-8-7-15-41(49)29-35-52(50)51)48-19-11-16-43(37-48)44-30-36-56-54(38-44)53-21-9-10-24-55(53)58(56)45-17-5-2-6-18-45/h1-38H. The molecule has 0 aliphatic carbocycles. The summed E-state index contributed by atoms with van der Waals surface area (Å²) in [4.78, 5) is 2.37. The van der Waals surface area contributed by atoms with Crippen LogP contribution in [-0.4, -0.2) is 4.57 Å². The highest BCUT2D eigenvalue weighted by Crippen LogP contribution is 2.41. The quantitative estimate of drug-likeness (QED) is 0.148. The van der Waals surface area contributed by atoms with Crippen molar-refractivity contribution < 1.29 is 0 Å². The molecule has 11 aromatic rings. The van der Waals surface area contributed by atoms with Gasteiger partial charge in [-0.15, -0.1) is 0 Å². The Morgan fingerprint density at radius 3 is 1.64 bits per heavy atom. The summed E-state index contributed by atoms with van der Waals surface area (Å²) in [5.74, 6) is 0. The van der Waals surface area contributed by atoms with E-state index in [-0.39, 0.29) is 0 Å². The Morgan fingerprint density at radius 1 is 0.276 bits per heavy atom. The Bertz CT molecular complexity index is 3250. The first-order valence-corrected chi connectivity index (χ1v) is 19.9. The molecule has 0 radical (unpaired) electrons. The van der Waals surface area contributed by atoms with Gasteiger partial charge in [-0.05, 0) is 122 Å². The van der Waals surface area contributed by atoms with E-state index in [1.165, 1.54) is 76.7 Å². The third-order valence-electron chi connectivity index (χ3n) is 11.6. The van der Waals surface area contributed by atoms with Gasteiger partial charge in [0.05, 0.1) is 11.0 Å². The average Bonchev–Trinajstić information content (AvgIpc) is 3.64. The fraction of sp³-hybridized carbons (Fsp3) is 0. The molecule has 0 fully saturated rings. The first kappa shape index (κ1) is 33.6. The summed E-state index contributed by atoms with van der Waals surface area (Å²) in [5, 5.41) is 7.58. The van der Waals surface area contributed by atoms with Gasteiger partial charge in [-0.2, -0.15) is 0 Å². The summed E-state index contributed by atoms with van der Waals surface area (Å²) in [6.45, 7) is 0. The highest BCUT2D eigenvalue weighted by molar-refractivity contribution is 6.12. The van der Waals surface area contributed by atoms with Crippen molar-refractivity contribution in [2.45, 2.75) is 0 Å². The summed E-state index contributed by atoms with van der Waals surface area (Å²) in [6.07, 6.45) is 0. The lowest BCUT2D eigenvalue weighted by Crippen LogP contribution is -2.10. The number of nitrogens with zero attached hydrogens (tertiary/aromatic N) is 2. The van der Waals surface area contributed by atoms with Crippen LogP contribution in [0.15, 0.2) is 231 Å². The second-order valence-corrected chi connectivity index (χ2v) is 15.0. The third kappa shape index (κ3) is 5.82. The van der Waals surface area contributed by atoms with Crippen LogP contribution in [0.3, 0.4) is 0 Å². The fourth-order valence-corrected chi connectivity index (χ4v) is 8.80. The van der Waals surface area contributed by atoms with E-state index in [2.05, 4.69) is 240 Å². The molecule has 2 heteroatoms. The highest BCUT2D eigenvalue weighted by Gasteiger charge is 2.17. The van der Waals surface area contributed by atoms with Crippen molar-refractivity contribution in [1.29, 1.82) is 0 Å². The maximum Gasteiger partial charge on any atom is 0.0541 e. The SMILES string of the molecule is c1ccc(-c2ccc(N(c3ccc(-c4cccc5c4ccc4ccccc45)cc3)c3cccc(-c4ccc5c(c4)c4ccccc4n5-c4ccccc4)c3)cc2)cc1. The van der Waals surface area contributed by atoms with Gasteiger partial charge in [0.25, 0.3) is 0 Å². The molecule has 0 bridgehead atoms. The Kier molecular flexibility index (Phi) is 8.19. The molecule has 1 aromatic heterocycles. The number of aromatic nitrogens is 1. The van der Waals surface area contributed by atoms with Crippen LogP contribution < -0.4 is 4.90 Å². The van der Waals surface area contributed by atoms with Crippen molar-refractivity contribution in [1.82, 2.24) is 4.57 Å². The lowest BCUT2D eigenvalue weighted by Gasteiger charge is -2.26. The molecule has 0 amide bonds. The maximum atomic E-state index is 2.37. The summed E-state index contributed by atoms with van der Waals surface area (Å²) in [5.41, 5.74) is 14.1. The Morgan fingerprint density at radius 2 is 0.845 bits per heavy atom. The molecule has 2 nitrogen and oxygen atoms in total. The van der Waals surface area contributed by atoms with Crippen LogP contribution in [0, 0.1) is 0 Å². The highest BCUT2D eigenvalue weighted by atomic mass is 15.1. The van der Waals surface area contributed by atoms with Crippen LogP contribution >= 0.6 is 0 Å².